The summed E-state index contributed by atoms with van der Waals surface area (Å²) in [5, 5.41) is 0. The SMILES string of the molecule is C.C.C.C.CCF.CCF.CF.CF.O=S(=O)(F)CC(CCF)CS(=O)(=O)F.O=S(=O)(F)CCCCF. The molecule has 0 aliphatic carbocycles. The minimum Gasteiger partial charge on any atom is -0.255 e. The molecule has 0 radical (unpaired) electrons. The lowest BCUT2D eigenvalue weighted by Gasteiger charge is -2.09. The third kappa shape index (κ3) is 117. The van der Waals surface area contributed by atoms with Crippen LogP contribution in [0.15, 0.2) is 0 Å². The fraction of sp³-hybridized carbons (Fsp3) is 1.00. The average molecular weight is 641 g/mol. The number of rotatable bonds is 10. The third-order valence-electron chi connectivity index (χ3n) is 2.16. The van der Waals surface area contributed by atoms with Crippen LogP contribution in [-0.4, -0.2) is 83.6 Å². The molecule has 0 unspecified atom stereocenters. The normalized spacial score (nSPS) is 9.24. The van der Waals surface area contributed by atoms with Crippen molar-refractivity contribution in [3.05, 3.63) is 0 Å². The molecule has 0 amide bonds. The second kappa shape index (κ2) is 45.2. The van der Waals surface area contributed by atoms with E-state index in [0.29, 0.717) is 14.4 Å². The van der Waals surface area contributed by atoms with Gasteiger partial charge in [0, 0.05) is 0 Å². The molecule has 0 rings (SSSR count). The number of hydrogen-bond donors (Lipinski definition) is 0. The van der Waals surface area contributed by atoms with Gasteiger partial charge in [-0.15, -0.1) is 11.7 Å². The predicted octanol–water partition coefficient (Wildman–Crippen LogP) is 7.26. The molecule has 0 aromatic carbocycles. The Labute approximate surface area is 221 Å². The molecule has 0 aromatic heterocycles. The lowest BCUT2D eigenvalue weighted by molar-refractivity contribution is 0.413. The first-order chi connectivity index (χ1) is 15.0. The van der Waals surface area contributed by atoms with E-state index < -0.39 is 73.6 Å². The summed E-state index contributed by atoms with van der Waals surface area (Å²) in [6, 6.07) is 0. The van der Waals surface area contributed by atoms with Gasteiger partial charge < -0.3 is 0 Å². The van der Waals surface area contributed by atoms with E-state index in [0.717, 1.165) is 0 Å². The highest BCUT2D eigenvalue weighted by Crippen LogP contribution is 2.13. The Kier molecular flexibility index (Phi) is 79.8. The Morgan fingerprint density at radius 3 is 0.973 bits per heavy atom. The van der Waals surface area contributed by atoms with Crippen molar-refractivity contribution in [2.24, 2.45) is 5.92 Å². The van der Waals surface area contributed by atoms with E-state index in [1.807, 2.05) is 0 Å². The standard InChI is InChI=1S/C5H9F3O4S2.C4H8F2O2S.2C2H5F.2CH3F.4CH4/c6-2-1-5(3-13(7,9)10)4-14(8,11)12;5-3-1-2-4-9(6,7)8;2*1-2-3;2*1-2;;;;/h5H,1-4H2;1-4H2;2*2H2,1H3;2*1H3;4*1H4. The van der Waals surface area contributed by atoms with Gasteiger partial charge in [0.15, 0.2) is 0 Å². The maximum Gasteiger partial charge on any atom is 0.302 e. The van der Waals surface area contributed by atoms with E-state index in [2.05, 4.69) is 0 Å². The Morgan fingerprint density at radius 2 is 0.811 bits per heavy atom. The summed E-state index contributed by atoms with van der Waals surface area (Å²) in [5.74, 6) is -4.30. The molecular weight excluding hydrogens is 591 g/mol. The molecule has 0 N–H and O–H groups in total. The first-order valence-electron chi connectivity index (χ1n) is 8.79. The molecule has 0 atom stereocenters. The highest BCUT2D eigenvalue weighted by Gasteiger charge is 2.24. The molecule has 0 bridgehead atoms. The molecule has 0 saturated heterocycles. The fourth-order valence-corrected chi connectivity index (χ4v) is 3.69. The van der Waals surface area contributed by atoms with E-state index in [-0.39, 0.29) is 55.9 Å². The van der Waals surface area contributed by atoms with E-state index in [9.17, 15) is 63.3 Å². The van der Waals surface area contributed by atoms with Crippen molar-refractivity contribution in [3.8, 4) is 0 Å². The minimum absolute atomic E-state index is 0. The van der Waals surface area contributed by atoms with E-state index in [1.54, 1.807) is 0 Å². The minimum atomic E-state index is -4.92. The summed E-state index contributed by atoms with van der Waals surface area (Å²) in [7, 11) is -13.2. The van der Waals surface area contributed by atoms with Crippen LogP contribution >= 0.6 is 0 Å². The van der Waals surface area contributed by atoms with Crippen molar-refractivity contribution in [1.82, 2.24) is 0 Å². The van der Waals surface area contributed by atoms with Crippen molar-refractivity contribution >= 4 is 30.7 Å². The summed E-state index contributed by atoms with van der Waals surface area (Å²) in [6.07, 6.45) is -0.329. The molecule has 0 heterocycles. The highest BCUT2D eigenvalue weighted by molar-refractivity contribution is 7.87. The Hall–Kier alpha value is -0.780. The van der Waals surface area contributed by atoms with Crippen LogP contribution in [-0.2, 0) is 30.7 Å². The van der Waals surface area contributed by atoms with Gasteiger partial charge in [-0.3, -0.25) is 26.3 Å². The smallest absolute Gasteiger partial charge is 0.255 e. The van der Waals surface area contributed by atoms with Crippen LogP contribution in [0.1, 0.15) is 62.8 Å². The van der Waals surface area contributed by atoms with Crippen molar-refractivity contribution in [2.45, 2.75) is 62.8 Å². The Balaban J connectivity index is -0.0000000346. The van der Waals surface area contributed by atoms with Gasteiger partial charge in [0.1, 0.15) is 0 Å². The number of unbranched alkanes of at least 4 members (excludes halogenated alkanes) is 1. The summed E-state index contributed by atoms with van der Waals surface area (Å²) >= 11 is 0. The fourth-order valence-electron chi connectivity index (χ4n) is 1.30. The Morgan fingerprint density at radius 1 is 0.541 bits per heavy atom. The van der Waals surface area contributed by atoms with Crippen LogP contribution < -0.4 is 0 Å². The molecule has 0 fully saturated rings. The van der Waals surface area contributed by atoms with Crippen LogP contribution in [0.4, 0.5) is 38.0 Å². The van der Waals surface area contributed by atoms with E-state index >= 15 is 0 Å². The van der Waals surface area contributed by atoms with Crippen molar-refractivity contribution in [2.75, 3.05) is 58.3 Å². The first-order valence-corrected chi connectivity index (χ1v) is 13.5. The average Bonchev–Trinajstić information content (AvgIpc) is 2.64. The zero-order valence-electron chi connectivity index (χ0n) is 18.7. The van der Waals surface area contributed by atoms with Crippen LogP contribution in [0.5, 0.6) is 0 Å². The van der Waals surface area contributed by atoms with Crippen molar-refractivity contribution < 1.29 is 63.3 Å². The lowest BCUT2D eigenvalue weighted by atomic mass is 10.1. The molecule has 0 aliphatic rings. The molecule has 242 valence electrons. The topological polar surface area (TPSA) is 102 Å². The molecule has 18 heteroatoms. The second-order valence-corrected chi connectivity index (χ2v) is 9.24. The maximum absolute atomic E-state index is 12.1. The summed E-state index contributed by atoms with van der Waals surface area (Å²) < 4.78 is 158. The van der Waals surface area contributed by atoms with Crippen LogP contribution in [0.2, 0.25) is 0 Å². The zero-order chi connectivity index (χ0) is 28.1. The highest BCUT2D eigenvalue weighted by atomic mass is 32.3. The first kappa shape index (κ1) is 65.4. The van der Waals surface area contributed by atoms with Gasteiger partial charge >= 0.3 is 30.7 Å². The van der Waals surface area contributed by atoms with Gasteiger partial charge in [0.05, 0.1) is 58.3 Å². The lowest BCUT2D eigenvalue weighted by Crippen LogP contribution is -2.20. The van der Waals surface area contributed by atoms with Crippen molar-refractivity contribution in [1.29, 1.82) is 0 Å². The zero-order valence-corrected chi connectivity index (χ0v) is 21.2. The quantitative estimate of drug-likeness (QED) is 0.141. The molecular formula is C19H49F9O6S3. The molecule has 0 aliphatic heterocycles. The number of halogens is 9. The van der Waals surface area contributed by atoms with Gasteiger partial charge in [0.2, 0.25) is 0 Å². The molecule has 37 heavy (non-hydrogen) atoms. The number of hydrogen-bond acceptors (Lipinski definition) is 6. The maximum atomic E-state index is 12.1. The van der Waals surface area contributed by atoms with Crippen LogP contribution in [0.3, 0.4) is 0 Å². The summed E-state index contributed by atoms with van der Waals surface area (Å²) in [6.45, 7) is 0.797. The summed E-state index contributed by atoms with van der Waals surface area (Å²) in [4.78, 5) is 0. The Bertz CT molecular complexity index is 629. The molecule has 0 aromatic rings. The van der Waals surface area contributed by atoms with Gasteiger partial charge in [-0.2, -0.15) is 25.3 Å². The summed E-state index contributed by atoms with van der Waals surface area (Å²) in [5.41, 5.74) is 0. The van der Waals surface area contributed by atoms with Gasteiger partial charge in [0.25, 0.3) is 0 Å². The van der Waals surface area contributed by atoms with E-state index in [4.69, 9.17) is 0 Å². The molecule has 0 saturated carbocycles. The molecule has 6 nitrogen and oxygen atoms in total. The monoisotopic (exact) mass is 640 g/mol. The largest absolute Gasteiger partial charge is 0.302 e. The van der Waals surface area contributed by atoms with Crippen molar-refractivity contribution in [3.63, 3.8) is 0 Å². The van der Waals surface area contributed by atoms with Gasteiger partial charge in [-0.05, 0) is 39.0 Å². The van der Waals surface area contributed by atoms with Gasteiger partial charge in [-0.1, -0.05) is 29.7 Å². The van der Waals surface area contributed by atoms with Crippen LogP contribution in [0.25, 0.3) is 0 Å². The van der Waals surface area contributed by atoms with Gasteiger partial charge in [-0.25, -0.2) is 0 Å². The number of alkyl halides is 6. The van der Waals surface area contributed by atoms with E-state index in [1.165, 1.54) is 13.8 Å². The predicted molar refractivity (Wildman–Crippen MR) is 138 cm³/mol. The third-order valence-corrected chi connectivity index (χ3v) is 4.67. The second-order valence-electron chi connectivity index (χ2n) is 4.93. The van der Waals surface area contributed by atoms with Crippen LogP contribution in [0, 0.1) is 5.92 Å². The molecule has 0 spiro atoms.